The highest BCUT2D eigenvalue weighted by Gasteiger charge is 2.13. The summed E-state index contributed by atoms with van der Waals surface area (Å²) in [4.78, 5) is 27.2. The molecule has 1 aromatic carbocycles. The fraction of sp³-hybridized carbons (Fsp3) is 0.133. The minimum absolute atomic E-state index is 0.230. The van der Waals surface area contributed by atoms with Crippen molar-refractivity contribution >= 4 is 17.5 Å². The Kier molecular flexibility index (Phi) is 4.27. The van der Waals surface area contributed by atoms with Gasteiger partial charge in [0.15, 0.2) is 0 Å². The number of halogens is 1. The lowest BCUT2D eigenvalue weighted by atomic mass is 10.1. The van der Waals surface area contributed by atoms with Gasteiger partial charge in [0, 0.05) is 24.5 Å². The maximum absolute atomic E-state index is 12.7. The number of aromatic nitrogens is 1. The van der Waals surface area contributed by atoms with Crippen LogP contribution in [0.15, 0.2) is 36.5 Å². The molecule has 2 N–H and O–H groups in total. The molecule has 0 spiro atoms. The SMILES string of the molecule is CNC(=O)c1cccc(NC(=O)c2ccc(F)nc2)c1C. The second kappa shape index (κ2) is 6.13. The molecule has 21 heavy (non-hydrogen) atoms. The first-order valence-electron chi connectivity index (χ1n) is 6.27. The van der Waals surface area contributed by atoms with Gasteiger partial charge in [-0.1, -0.05) is 6.07 Å². The molecule has 5 nitrogen and oxygen atoms in total. The highest BCUT2D eigenvalue weighted by Crippen LogP contribution is 2.19. The lowest BCUT2D eigenvalue weighted by Crippen LogP contribution is -2.20. The van der Waals surface area contributed by atoms with E-state index < -0.39 is 11.9 Å². The normalized spacial score (nSPS) is 10.0. The number of hydrogen-bond acceptors (Lipinski definition) is 3. The van der Waals surface area contributed by atoms with Crippen LogP contribution in [0.1, 0.15) is 26.3 Å². The summed E-state index contributed by atoms with van der Waals surface area (Å²) in [7, 11) is 1.54. The molecule has 0 bridgehead atoms. The Morgan fingerprint density at radius 2 is 1.90 bits per heavy atom. The third kappa shape index (κ3) is 3.22. The van der Waals surface area contributed by atoms with Crippen LogP contribution in [-0.4, -0.2) is 23.8 Å². The van der Waals surface area contributed by atoms with E-state index in [0.29, 0.717) is 16.8 Å². The van der Waals surface area contributed by atoms with Gasteiger partial charge in [0.05, 0.1) is 5.56 Å². The summed E-state index contributed by atoms with van der Waals surface area (Å²) in [6.07, 6.45) is 1.16. The van der Waals surface area contributed by atoms with Gasteiger partial charge in [-0.2, -0.15) is 4.39 Å². The van der Waals surface area contributed by atoms with Crippen LogP contribution in [0.4, 0.5) is 10.1 Å². The summed E-state index contributed by atoms with van der Waals surface area (Å²) in [5.41, 5.74) is 1.89. The summed E-state index contributed by atoms with van der Waals surface area (Å²) < 4.78 is 12.7. The Hall–Kier alpha value is -2.76. The molecule has 1 heterocycles. The van der Waals surface area contributed by atoms with E-state index >= 15 is 0 Å². The number of nitrogens with one attached hydrogen (secondary N) is 2. The zero-order valence-corrected chi connectivity index (χ0v) is 11.6. The lowest BCUT2D eigenvalue weighted by Gasteiger charge is -2.11. The number of nitrogens with zero attached hydrogens (tertiary/aromatic N) is 1. The topological polar surface area (TPSA) is 71.1 Å². The van der Waals surface area contributed by atoms with Gasteiger partial charge in [0.1, 0.15) is 0 Å². The molecule has 0 saturated heterocycles. The third-order valence-corrected chi connectivity index (χ3v) is 3.04. The fourth-order valence-electron chi connectivity index (χ4n) is 1.86. The molecule has 0 saturated carbocycles. The maximum Gasteiger partial charge on any atom is 0.257 e. The number of rotatable bonds is 3. The Morgan fingerprint density at radius 1 is 1.14 bits per heavy atom. The molecule has 0 aliphatic carbocycles. The van der Waals surface area contributed by atoms with Gasteiger partial charge >= 0.3 is 0 Å². The molecule has 6 heteroatoms. The number of benzene rings is 1. The Labute approximate surface area is 121 Å². The van der Waals surface area contributed by atoms with Crippen LogP contribution in [0.5, 0.6) is 0 Å². The van der Waals surface area contributed by atoms with Crippen LogP contribution >= 0.6 is 0 Å². The van der Waals surface area contributed by atoms with Crippen LogP contribution in [0.3, 0.4) is 0 Å². The van der Waals surface area contributed by atoms with Crippen molar-refractivity contribution in [2.45, 2.75) is 6.92 Å². The molecule has 0 fully saturated rings. The molecule has 2 aromatic rings. The summed E-state index contributed by atoms with van der Waals surface area (Å²) in [5, 5.41) is 5.22. The van der Waals surface area contributed by atoms with E-state index in [-0.39, 0.29) is 11.5 Å². The van der Waals surface area contributed by atoms with Gasteiger partial charge in [0.2, 0.25) is 5.95 Å². The molecular weight excluding hydrogens is 273 g/mol. The number of carbonyl (C=O) groups is 2. The maximum atomic E-state index is 12.7. The zero-order chi connectivity index (χ0) is 15.4. The molecule has 0 aliphatic heterocycles. The number of carbonyl (C=O) groups excluding carboxylic acids is 2. The lowest BCUT2D eigenvalue weighted by molar-refractivity contribution is 0.0960. The summed E-state index contributed by atoms with van der Waals surface area (Å²) >= 11 is 0. The first kappa shape index (κ1) is 14.6. The van der Waals surface area contributed by atoms with E-state index in [9.17, 15) is 14.0 Å². The van der Waals surface area contributed by atoms with E-state index in [1.165, 1.54) is 13.1 Å². The summed E-state index contributed by atoms with van der Waals surface area (Å²) in [6, 6.07) is 7.49. The second-order valence-corrected chi connectivity index (χ2v) is 4.38. The van der Waals surface area contributed by atoms with Crippen molar-refractivity contribution in [2.75, 3.05) is 12.4 Å². The smallest absolute Gasteiger partial charge is 0.257 e. The third-order valence-electron chi connectivity index (χ3n) is 3.04. The number of pyridine rings is 1. The first-order valence-corrected chi connectivity index (χ1v) is 6.27. The van der Waals surface area contributed by atoms with Crippen molar-refractivity contribution in [1.29, 1.82) is 0 Å². The molecule has 2 rings (SSSR count). The van der Waals surface area contributed by atoms with Crippen LogP contribution < -0.4 is 10.6 Å². The van der Waals surface area contributed by atoms with Crippen LogP contribution in [-0.2, 0) is 0 Å². The highest BCUT2D eigenvalue weighted by molar-refractivity contribution is 6.05. The van der Waals surface area contributed by atoms with Crippen molar-refractivity contribution in [1.82, 2.24) is 10.3 Å². The standard InChI is InChI=1S/C15H14FN3O2/c1-9-11(15(21)17-2)4-3-5-12(9)19-14(20)10-6-7-13(16)18-8-10/h3-8H,1-2H3,(H,17,21)(H,19,20). The predicted octanol–water partition coefficient (Wildman–Crippen LogP) is 2.14. The van der Waals surface area contributed by atoms with Crippen molar-refractivity contribution in [2.24, 2.45) is 0 Å². The van der Waals surface area contributed by atoms with Gasteiger partial charge < -0.3 is 10.6 Å². The van der Waals surface area contributed by atoms with Gasteiger partial charge in [-0.15, -0.1) is 0 Å². The molecule has 108 valence electrons. The van der Waals surface area contributed by atoms with E-state index in [4.69, 9.17) is 0 Å². The van der Waals surface area contributed by atoms with Gasteiger partial charge in [-0.05, 0) is 36.8 Å². The monoisotopic (exact) mass is 287 g/mol. The average Bonchev–Trinajstić information content (AvgIpc) is 2.49. The molecule has 2 amide bonds. The largest absolute Gasteiger partial charge is 0.355 e. The quantitative estimate of drug-likeness (QED) is 0.850. The highest BCUT2D eigenvalue weighted by atomic mass is 19.1. The molecule has 0 unspecified atom stereocenters. The Balaban J connectivity index is 2.25. The first-order chi connectivity index (χ1) is 10.0. The molecule has 0 atom stereocenters. The van der Waals surface area contributed by atoms with E-state index in [2.05, 4.69) is 15.6 Å². The van der Waals surface area contributed by atoms with Crippen molar-refractivity contribution in [3.8, 4) is 0 Å². The molecule has 1 aromatic heterocycles. The Morgan fingerprint density at radius 3 is 2.52 bits per heavy atom. The summed E-state index contributed by atoms with van der Waals surface area (Å²) in [5.74, 6) is -1.30. The average molecular weight is 287 g/mol. The van der Waals surface area contributed by atoms with Crippen molar-refractivity contribution in [3.63, 3.8) is 0 Å². The number of anilines is 1. The van der Waals surface area contributed by atoms with Crippen molar-refractivity contribution in [3.05, 3.63) is 59.2 Å². The minimum atomic E-state index is -0.649. The van der Waals surface area contributed by atoms with Gasteiger partial charge in [-0.25, -0.2) is 4.98 Å². The van der Waals surface area contributed by atoms with Crippen LogP contribution in [0.2, 0.25) is 0 Å². The number of amides is 2. The van der Waals surface area contributed by atoms with E-state index in [1.54, 1.807) is 25.1 Å². The zero-order valence-electron chi connectivity index (χ0n) is 11.6. The number of hydrogen-bond donors (Lipinski definition) is 2. The van der Waals surface area contributed by atoms with E-state index in [1.807, 2.05) is 0 Å². The molecular formula is C15H14FN3O2. The second-order valence-electron chi connectivity index (χ2n) is 4.38. The van der Waals surface area contributed by atoms with Gasteiger partial charge in [-0.3, -0.25) is 9.59 Å². The van der Waals surface area contributed by atoms with Crippen molar-refractivity contribution < 1.29 is 14.0 Å². The Bertz CT molecular complexity index is 684. The molecule has 0 radical (unpaired) electrons. The van der Waals surface area contributed by atoms with Crippen LogP contribution in [0, 0.1) is 12.9 Å². The fourth-order valence-corrected chi connectivity index (χ4v) is 1.86. The van der Waals surface area contributed by atoms with E-state index in [0.717, 1.165) is 12.3 Å². The van der Waals surface area contributed by atoms with Crippen LogP contribution in [0.25, 0.3) is 0 Å². The summed E-state index contributed by atoms with van der Waals surface area (Å²) in [6.45, 7) is 1.74. The van der Waals surface area contributed by atoms with Gasteiger partial charge in [0.25, 0.3) is 11.8 Å². The predicted molar refractivity (Wildman–Crippen MR) is 76.7 cm³/mol. The minimum Gasteiger partial charge on any atom is -0.355 e. The molecule has 0 aliphatic rings.